The van der Waals surface area contributed by atoms with Crippen molar-refractivity contribution in [2.24, 2.45) is 0 Å². The molecule has 0 unspecified atom stereocenters. The van der Waals surface area contributed by atoms with E-state index in [1.54, 1.807) is 16.8 Å². The molecule has 78 valence electrons. The highest BCUT2D eigenvalue weighted by Gasteiger charge is 1.96. The standard InChI is InChI=1S/C10H16N2OS/c1-3-14-8-4-7-12-10(13)6-5-9(2)11-12/h5-6H,3-4,7-8H2,1-2H3. The predicted octanol–water partition coefficient (Wildman–Crippen LogP) is 1.69. The predicted molar refractivity (Wildman–Crippen MR) is 60.9 cm³/mol. The van der Waals surface area contributed by atoms with Crippen LogP contribution in [0.4, 0.5) is 0 Å². The van der Waals surface area contributed by atoms with Crippen LogP contribution < -0.4 is 5.56 Å². The van der Waals surface area contributed by atoms with Gasteiger partial charge in [-0.15, -0.1) is 0 Å². The van der Waals surface area contributed by atoms with Crippen molar-refractivity contribution in [3.05, 3.63) is 28.2 Å². The zero-order valence-corrected chi connectivity index (χ0v) is 9.51. The number of aryl methyl sites for hydroxylation is 2. The Bertz CT molecular complexity index is 335. The highest BCUT2D eigenvalue weighted by Crippen LogP contribution is 2.01. The van der Waals surface area contributed by atoms with Gasteiger partial charge in [-0.05, 0) is 30.9 Å². The summed E-state index contributed by atoms with van der Waals surface area (Å²) < 4.78 is 1.55. The molecule has 0 aliphatic rings. The first-order chi connectivity index (χ1) is 6.74. The summed E-state index contributed by atoms with van der Waals surface area (Å²) in [5, 5.41) is 4.17. The van der Waals surface area contributed by atoms with Crippen LogP contribution in [0.15, 0.2) is 16.9 Å². The van der Waals surface area contributed by atoms with E-state index >= 15 is 0 Å². The van der Waals surface area contributed by atoms with Gasteiger partial charge in [0.2, 0.25) is 0 Å². The van der Waals surface area contributed by atoms with Crippen LogP contribution in [-0.2, 0) is 6.54 Å². The van der Waals surface area contributed by atoms with Crippen molar-refractivity contribution in [1.29, 1.82) is 0 Å². The molecule has 3 nitrogen and oxygen atoms in total. The van der Waals surface area contributed by atoms with Crippen LogP contribution in [0.25, 0.3) is 0 Å². The summed E-state index contributed by atoms with van der Waals surface area (Å²) in [5.74, 6) is 2.23. The van der Waals surface area contributed by atoms with E-state index in [4.69, 9.17) is 0 Å². The fourth-order valence-corrected chi connectivity index (χ4v) is 1.79. The molecule has 0 radical (unpaired) electrons. The molecular formula is C10H16N2OS. The third-order valence-electron chi connectivity index (χ3n) is 1.86. The maximum atomic E-state index is 11.3. The van der Waals surface area contributed by atoms with Crippen molar-refractivity contribution in [1.82, 2.24) is 9.78 Å². The zero-order valence-electron chi connectivity index (χ0n) is 8.69. The third kappa shape index (κ3) is 3.54. The second-order valence-corrected chi connectivity index (χ2v) is 4.48. The Labute approximate surface area is 88.5 Å². The second kappa shape index (κ2) is 5.86. The average molecular weight is 212 g/mol. The highest BCUT2D eigenvalue weighted by atomic mass is 32.2. The summed E-state index contributed by atoms with van der Waals surface area (Å²) in [7, 11) is 0. The molecule has 0 aliphatic carbocycles. The van der Waals surface area contributed by atoms with E-state index in [9.17, 15) is 4.79 Å². The fourth-order valence-electron chi connectivity index (χ4n) is 1.17. The Balaban J connectivity index is 2.49. The van der Waals surface area contributed by atoms with Gasteiger partial charge in [-0.3, -0.25) is 4.79 Å². The van der Waals surface area contributed by atoms with Crippen molar-refractivity contribution in [3.8, 4) is 0 Å². The van der Waals surface area contributed by atoms with Gasteiger partial charge in [-0.1, -0.05) is 6.92 Å². The first kappa shape index (κ1) is 11.3. The fraction of sp³-hybridized carbons (Fsp3) is 0.600. The van der Waals surface area contributed by atoms with E-state index in [1.807, 2.05) is 18.7 Å². The van der Waals surface area contributed by atoms with E-state index in [0.29, 0.717) is 0 Å². The highest BCUT2D eigenvalue weighted by molar-refractivity contribution is 7.99. The average Bonchev–Trinajstić information content (AvgIpc) is 2.18. The van der Waals surface area contributed by atoms with E-state index < -0.39 is 0 Å². The molecule has 0 amide bonds. The Hall–Kier alpha value is -0.770. The molecule has 1 rings (SSSR count). The zero-order chi connectivity index (χ0) is 10.4. The Morgan fingerprint density at radius 3 is 3.00 bits per heavy atom. The van der Waals surface area contributed by atoms with Crippen LogP contribution in [-0.4, -0.2) is 21.3 Å². The molecule has 1 heterocycles. The SMILES string of the molecule is CCSCCCn1nc(C)ccc1=O. The summed E-state index contributed by atoms with van der Waals surface area (Å²) in [4.78, 5) is 11.3. The molecule has 0 aromatic carbocycles. The number of aromatic nitrogens is 2. The topological polar surface area (TPSA) is 34.9 Å². The second-order valence-electron chi connectivity index (χ2n) is 3.09. The van der Waals surface area contributed by atoms with Crippen molar-refractivity contribution in [3.63, 3.8) is 0 Å². The Morgan fingerprint density at radius 2 is 2.29 bits per heavy atom. The minimum absolute atomic E-state index is 0.00269. The molecule has 1 aromatic heterocycles. The molecule has 0 saturated carbocycles. The lowest BCUT2D eigenvalue weighted by Crippen LogP contribution is -2.22. The number of thioether (sulfide) groups is 1. The first-order valence-electron chi connectivity index (χ1n) is 4.86. The molecule has 0 aliphatic heterocycles. The molecule has 0 bridgehead atoms. The van der Waals surface area contributed by atoms with Crippen LogP contribution >= 0.6 is 11.8 Å². The minimum Gasteiger partial charge on any atom is -0.268 e. The van der Waals surface area contributed by atoms with Crippen molar-refractivity contribution < 1.29 is 0 Å². The van der Waals surface area contributed by atoms with Gasteiger partial charge in [0.05, 0.1) is 5.69 Å². The number of nitrogens with zero attached hydrogens (tertiary/aromatic N) is 2. The van der Waals surface area contributed by atoms with Crippen molar-refractivity contribution in [2.45, 2.75) is 26.8 Å². The molecular weight excluding hydrogens is 196 g/mol. The Morgan fingerprint density at radius 1 is 1.50 bits per heavy atom. The molecule has 0 atom stereocenters. The summed E-state index contributed by atoms with van der Waals surface area (Å²) in [6, 6.07) is 3.33. The summed E-state index contributed by atoms with van der Waals surface area (Å²) >= 11 is 1.89. The Kier molecular flexibility index (Phi) is 4.73. The van der Waals surface area contributed by atoms with Gasteiger partial charge in [-0.25, -0.2) is 4.68 Å². The van der Waals surface area contributed by atoms with Crippen LogP contribution in [0.3, 0.4) is 0 Å². The van der Waals surface area contributed by atoms with Gasteiger partial charge in [0.15, 0.2) is 0 Å². The molecule has 0 N–H and O–H groups in total. The minimum atomic E-state index is -0.00269. The largest absolute Gasteiger partial charge is 0.268 e. The molecule has 0 fully saturated rings. The molecule has 0 spiro atoms. The number of hydrogen-bond acceptors (Lipinski definition) is 3. The van der Waals surface area contributed by atoms with Crippen LogP contribution in [0.1, 0.15) is 19.0 Å². The summed E-state index contributed by atoms with van der Waals surface area (Å²) in [5.41, 5.74) is 0.893. The first-order valence-corrected chi connectivity index (χ1v) is 6.02. The molecule has 1 aromatic rings. The number of hydrogen-bond donors (Lipinski definition) is 0. The maximum absolute atomic E-state index is 11.3. The molecule has 4 heteroatoms. The lowest BCUT2D eigenvalue weighted by molar-refractivity contribution is 0.563. The van der Waals surface area contributed by atoms with Gasteiger partial charge < -0.3 is 0 Å². The summed E-state index contributed by atoms with van der Waals surface area (Å²) in [6.07, 6.45) is 1.01. The van der Waals surface area contributed by atoms with E-state index in [2.05, 4.69) is 12.0 Å². The quantitative estimate of drug-likeness (QED) is 0.697. The van der Waals surface area contributed by atoms with Crippen molar-refractivity contribution in [2.75, 3.05) is 11.5 Å². The van der Waals surface area contributed by atoms with Gasteiger partial charge >= 0.3 is 0 Å². The summed E-state index contributed by atoms with van der Waals surface area (Å²) in [6.45, 7) is 4.77. The van der Waals surface area contributed by atoms with Gasteiger partial charge in [0.25, 0.3) is 5.56 Å². The monoisotopic (exact) mass is 212 g/mol. The smallest absolute Gasteiger partial charge is 0.266 e. The van der Waals surface area contributed by atoms with Crippen molar-refractivity contribution >= 4 is 11.8 Å². The number of rotatable bonds is 5. The third-order valence-corrected chi connectivity index (χ3v) is 2.85. The van der Waals surface area contributed by atoms with Gasteiger partial charge in [0.1, 0.15) is 0 Å². The van der Waals surface area contributed by atoms with Gasteiger partial charge in [0, 0.05) is 12.6 Å². The van der Waals surface area contributed by atoms with Crippen LogP contribution in [0.2, 0.25) is 0 Å². The lowest BCUT2D eigenvalue weighted by Gasteiger charge is -2.04. The van der Waals surface area contributed by atoms with Gasteiger partial charge in [-0.2, -0.15) is 16.9 Å². The molecule has 0 saturated heterocycles. The lowest BCUT2D eigenvalue weighted by atomic mass is 10.4. The maximum Gasteiger partial charge on any atom is 0.266 e. The van der Waals surface area contributed by atoms with E-state index in [-0.39, 0.29) is 5.56 Å². The molecule has 14 heavy (non-hydrogen) atoms. The van der Waals surface area contributed by atoms with E-state index in [0.717, 1.165) is 30.2 Å². The van der Waals surface area contributed by atoms with Crippen LogP contribution in [0.5, 0.6) is 0 Å². The van der Waals surface area contributed by atoms with Crippen LogP contribution in [0, 0.1) is 6.92 Å². The normalized spacial score (nSPS) is 10.4. The van der Waals surface area contributed by atoms with E-state index in [1.165, 1.54) is 0 Å².